The number of hydrogen-bond acceptors (Lipinski definition) is 5. The van der Waals surface area contributed by atoms with Crippen molar-refractivity contribution in [2.24, 2.45) is 0 Å². The average molecular weight is 289 g/mol. The van der Waals surface area contributed by atoms with Gasteiger partial charge >= 0.3 is 0 Å². The van der Waals surface area contributed by atoms with Gasteiger partial charge in [-0.05, 0) is 30.5 Å². The van der Waals surface area contributed by atoms with E-state index in [2.05, 4.69) is 4.98 Å². The van der Waals surface area contributed by atoms with E-state index >= 15 is 0 Å². The molecule has 1 aliphatic carbocycles. The van der Waals surface area contributed by atoms with E-state index in [4.69, 9.17) is 5.73 Å². The predicted octanol–water partition coefficient (Wildman–Crippen LogP) is 2.24. The molecule has 0 spiro atoms. The van der Waals surface area contributed by atoms with E-state index in [0.29, 0.717) is 17.4 Å². The van der Waals surface area contributed by atoms with Crippen molar-refractivity contribution < 1.29 is 9.90 Å². The third-order valence-electron chi connectivity index (χ3n) is 3.25. The minimum absolute atomic E-state index is 0.0937. The highest BCUT2D eigenvalue weighted by atomic mass is 32.1. The molecule has 0 saturated heterocycles. The van der Waals surface area contributed by atoms with Gasteiger partial charge in [0.15, 0.2) is 5.13 Å². The molecule has 3 N–H and O–H groups in total. The molecule has 0 aliphatic heterocycles. The highest BCUT2D eigenvalue weighted by Gasteiger charge is 2.33. The van der Waals surface area contributed by atoms with Crippen molar-refractivity contribution in [2.75, 3.05) is 5.73 Å². The Bertz CT molecular complexity index is 637. The van der Waals surface area contributed by atoms with Crippen molar-refractivity contribution >= 4 is 22.4 Å². The molecular weight excluding hydrogens is 274 g/mol. The maximum atomic E-state index is 12.5. The Labute approximate surface area is 120 Å². The second kappa shape index (κ2) is 5.13. The molecular formula is C14H15N3O2S. The number of amides is 1. The van der Waals surface area contributed by atoms with Crippen molar-refractivity contribution in [3.63, 3.8) is 0 Å². The number of aromatic hydroxyl groups is 1. The fourth-order valence-electron chi connectivity index (χ4n) is 2.14. The molecule has 3 rings (SSSR count). The summed E-state index contributed by atoms with van der Waals surface area (Å²) >= 11 is 1.27. The number of phenolic OH excluding ortho intramolecular Hbond substituents is 1. The summed E-state index contributed by atoms with van der Waals surface area (Å²) in [6.07, 6.45) is 2.04. The topological polar surface area (TPSA) is 79.5 Å². The van der Waals surface area contributed by atoms with Crippen LogP contribution in [0.4, 0.5) is 5.13 Å². The zero-order valence-electron chi connectivity index (χ0n) is 10.8. The second-order valence-corrected chi connectivity index (χ2v) is 5.79. The fourth-order valence-corrected chi connectivity index (χ4v) is 2.67. The van der Waals surface area contributed by atoms with E-state index in [1.54, 1.807) is 23.6 Å². The number of nitrogens with zero attached hydrogens (tertiary/aromatic N) is 2. The van der Waals surface area contributed by atoms with Gasteiger partial charge in [0, 0.05) is 18.0 Å². The van der Waals surface area contributed by atoms with Gasteiger partial charge in [-0.3, -0.25) is 4.79 Å². The molecule has 1 aromatic carbocycles. The highest BCUT2D eigenvalue weighted by molar-refractivity contribution is 7.13. The largest absolute Gasteiger partial charge is 0.508 e. The molecule has 1 heterocycles. The lowest BCUT2D eigenvalue weighted by Crippen LogP contribution is -2.32. The summed E-state index contributed by atoms with van der Waals surface area (Å²) in [5.41, 5.74) is 6.90. The normalized spacial score (nSPS) is 14.2. The first-order chi connectivity index (χ1) is 9.63. The number of carbonyl (C=O) groups excluding carboxylic acids is 1. The smallest absolute Gasteiger partial charge is 0.273 e. The first kappa shape index (κ1) is 12.9. The van der Waals surface area contributed by atoms with Gasteiger partial charge in [0.05, 0.1) is 0 Å². The molecule has 1 amide bonds. The van der Waals surface area contributed by atoms with Crippen LogP contribution in [0.3, 0.4) is 0 Å². The van der Waals surface area contributed by atoms with Crippen LogP contribution in [0.25, 0.3) is 0 Å². The molecule has 1 aromatic heterocycles. The van der Waals surface area contributed by atoms with Crippen LogP contribution in [0, 0.1) is 0 Å². The summed E-state index contributed by atoms with van der Waals surface area (Å²) in [6.45, 7) is 0.481. The lowest BCUT2D eigenvalue weighted by Gasteiger charge is -2.21. The third-order valence-corrected chi connectivity index (χ3v) is 3.93. The molecule has 0 bridgehead atoms. The Morgan fingerprint density at radius 1 is 1.50 bits per heavy atom. The van der Waals surface area contributed by atoms with Gasteiger partial charge in [0.2, 0.25) is 0 Å². The highest BCUT2D eigenvalue weighted by Crippen LogP contribution is 2.30. The third kappa shape index (κ3) is 2.75. The molecule has 0 radical (unpaired) electrons. The molecule has 1 fully saturated rings. The monoisotopic (exact) mass is 289 g/mol. The number of nitrogens with two attached hydrogens (primary N) is 1. The fraction of sp³-hybridized carbons (Fsp3) is 0.286. The van der Waals surface area contributed by atoms with Crippen LogP contribution < -0.4 is 5.73 Å². The molecule has 1 saturated carbocycles. The van der Waals surface area contributed by atoms with Crippen LogP contribution in [0.15, 0.2) is 29.6 Å². The Balaban J connectivity index is 1.81. The molecule has 5 nitrogen and oxygen atoms in total. The van der Waals surface area contributed by atoms with E-state index in [1.165, 1.54) is 11.3 Å². The minimum atomic E-state index is -0.0937. The van der Waals surface area contributed by atoms with E-state index in [9.17, 15) is 9.90 Å². The van der Waals surface area contributed by atoms with Gasteiger partial charge in [0.25, 0.3) is 5.91 Å². The van der Waals surface area contributed by atoms with Crippen LogP contribution in [0.1, 0.15) is 28.9 Å². The second-order valence-electron chi connectivity index (χ2n) is 4.91. The van der Waals surface area contributed by atoms with E-state index in [0.717, 1.165) is 18.4 Å². The Morgan fingerprint density at radius 3 is 2.90 bits per heavy atom. The number of phenols is 1. The number of aromatic nitrogens is 1. The number of anilines is 1. The number of thiazole rings is 1. The summed E-state index contributed by atoms with van der Waals surface area (Å²) < 4.78 is 0. The maximum absolute atomic E-state index is 12.5. The maximum Gasteiger partial charge on any atom is 0.273 e. The molecule has 0 atom stereocenters. The summed E-state index contributed by atoms with van der Waals surface area (Å²) in [6, 6.07) is 7.25. The van der Waals surface area contributed by atoms with Gasteiger partial charge in [-0.2, -0.15) is 0 Å². The molecule has 6 heteroatoms. The van der Waals surface area contributed by atoms with Crippen LogP contribution in [0.5, 0.6) is 5.75 Å². The van der Waals surface area contributed by atoms with Crippen molar-refractivity contribution in [1.29, 1.82) is 0 Å². The van der Waals surface area contributed by atoms with Crippen LogP contribution in [-0.4, -0.2) is 26.9 Å². The first-order valence-electron chi connectivity index (χ1n) is 6.43. The SMILES string of the molecule is Nc1nc(C(=O)N(Cc2cccc(O)c2)C2CC2)cs1. The standard InChI is InChI=1S/C14H15N3O2S/c15-14-16-12(8-20-14)13(19)17(10-4-5-10)7-9-2-1-3-11(18)6-9/h1-3,6,8,10,18H,4-5,7H2,(H2,15,16). The summed E-state index contributed by atoms with van der Waals surface area (Å²) in [5, 5.41) is 11.6. The van der Waals surface area contributed by atoms with E-state index < -0.39 is 0 Å². The van der Waals surface area contributed by atoms with E-state index in [1.807, 2.05) is 11.0 Å². The Morgan fingerprint density at radius 2 is 2.30 bits per heavy atom. The van der Waals surface area contributed by atoms with Crippen LogP contribution in [0.2, 0.25) is 0 Å². The van der Waals surface area contributed by atoms with Gasteiger partial charge in [-0.1, -0.05) is 12.1 Å². The van der Waals surface area contributed by atoms with Crippen molar-refractivity contribution in [1.82, 2.24) is 9.88 Å². The zero-order valence-corrected chi connectivity index (χ0v) is 11.6. The number of hydrogen-bond donors (Lipinski definition) is 2. The Kier molecular flexibility index (Phi) is 3.31. The zero-order chi connectivity index (χ0) is 14.1. The first-order valence-corrected chi connectivity index (χ1v) is 7.31. The number of benzene rings is 1. The van der Waals surface area contributed by atoms with Gasteiger partial charge < -0.3 is 15.7 Å². The number of rotatable bonds is 4. The molecule has 2 aromatic rings. The van der Waals surface area contributed by atoms with Crippen LogP contribution >= 0.6 is 11.3 Å². The summed E-state index contributed by atoms with van der Waals surface area (Å²) in [4.78, 5) is 18.3. The summed E-state index contributed by atoms with van der Waals surface area (Å²) in [5.74, 6) is 0.118. The van der Waals surface area contributed by atoms with Crippen molar-refractivity contribution in [3.05, 3.63) is 40.9 Å². The Hall–Kier alpha value is -2.08. The minimum Gasteiger partial charge on any atom is -0.508 e. The average Bonchev–Trinajstić information content (AvgIpc) is 3.17. The quantitative estimate of drug-likeness (QED) is 0.904. The lowest BCUT2D eigenvalue weighted by atomic mass is 10.2. The lowest BCUT2D eigenvalue weighted by molar-refractivity contribution is 0.0724. The van der Waals surface area contributed by atoms with Gasteiger partial charge in [0.1, 0.15) is 11.4 Å². The number of nitrogen functional groups attached to an aromatic ring is 1. The molecule has 104 valence electrons. The summed E-state index contributed by atoms with van der Waals surface area (Å²) in [7, 11) is 0. The number of carbonyl (C=O) groups is 1. The van der Waals surface area contributed by atoms with Crippen molar-refractivity contribution in [2.45, 2.75) is 25.4 Å². The van der Waals surface area contributed by atoms with E-state index in [-0.39, 0.29) is 17.7 Å². The van der Waals surface area contributed by atoms with Gasteiger partial charge in [-0.15, -0.1) is 11.3 Å². The molecule has 20 heavy (non-hydrogen) atoms. The molecule has 0 unspecified atom stereocenters. The van der Waals surface area contributed by atoms with Gasteiger partial charge in [-0.25, -0.2) is 4.98 Å². The molecule has 1 aliphatic rings. The predicted molar refractivity (Wildman–Crippen MR) is 77.5 cm³/mol. The van der Waals surface area contributed by atoms with Crippen molar-refractivity contribution in [3.8, 4) is 5.75 Å². The van der Waals surface area contributed by atoms with Crippen LogP contribution in [-0.2, 0) is 6.54 Å².